The summed E-state index contributed by atoms with van der Waals surface area (Å²) >= 11 is 0. The lowest BCUT2D eigenvalue weighted by molar-refractivity contribution is -0.142. The van der Waals surface area contributed by atoms with Gasteiger partial charge in [-0.15, -0.1) is 0 Å². The molecule has 3 rings (SSSR count). The van der Waals surface area contributed by atoms with Gasteiger partial charge >= 0.3 is 5.97 Å². The Kier molecular flexibility index (Phi) is 3.35. The average molecular weight is 288 g/mol. The van der Waals surface area contributed by atoms with Crippen LogP contribution in [0.25, 0.3) is 11.0 Å². The first-order valence-electron chi connectivity index (χ1n) is 7.24. The number of hydrogen-bond donors (Lipinski definition) is 1. The molecular weight excluding hydrogens is 268 g/mol. The fourth-order valence-electron chi connectivity index (χ4n) is 3.51. The Balaban J connectivity index is 2.07. The molecule has 0 aliphatic heterocycles. The fraction of sp³-hybridized carbons (Fsp3) is 0.500. The molecule has 0 radical (unpaired) electrons. The summed E-state index contributed by atoms with van der Waals surface area (Å²) in [4.78, 5) is 16.2. The van der Waals surface area contributed by atoms with Crippen molar-refractivity contribution >= 4 is 17.0 Å². The number of benzene rings is 1. The van der Waals surface area contributed by atoms with Crippen LogP contribution in [-0.4, -0.2) is 27.7 Å². The highest BCUT2D eigenvalue weighted by Crippen LogP contribution is 2.43. The van der Waals surface area contributed by atoms with Gasteiger partial charge in [0.1, 0.15) is 11.6 Å². The molecule has 1 aromatic heterocycles. The van der Waals surface area contributed by atoms with Crippen molar-refractivity contribution in [2.75, 3.05) is 7.11 Å². The van der Waals surface area contributed by atoms with E-state index in [0.717, 1.165) is 35.4 Å². The number of carboxylic acids is 1. The zero-order chi connectivity index (χ0) is 15.1. The highest BCUT2D eigenvalue weighted by molar-refractivity contribution is 5.78. The van der Waals surface area contributed by atoms with Gasteiger partial charge in [0.05, 0.1) is 24.1 Å². The van der Waals surface area contributed by atoms with E-state index in [2.05, 4.69) is 11.9 Å². The maximum atomic E-state index is 11.5. The second-order valence-electron chi connectivity index (χ2n) is 6.01. The molecule has 1 aliphatic carbocycles. The molecule has 0 amide bonds. The van der Waals surface area contributed by atoms with Crippen molar-refractivity contribution in [2.45, 2.75) is 25.7 Å². The van der Waals surface area contributed by atoms with Crippen LogP contribution in [0.4, 0.5) is 0 Å². The fourth-order valence-corrected chi connectivity index (χ4v) is 3.51. The molecule has 1 aromatic carbocycles. The summed E-state index contributed by atoms with van der Waals surface area (Å²) in [7, 11) is 3.59. The Hall–Kier alpha value is -2.04. The van der Waals surface area contributed by atoms with Crippen LogP contribution in [0.2, 0.25) is 0 Å². The number of rotatable bonds is 3. The Morgan fingerprint density at radius 2 is 2.19 bits per heavy atom. The molecule has 0 spiro atoms. The third kappa shape index (κ3) is 2.26. The number of ether oxygens (including phenoxy) is 1. The van der Waals surface area contributed by atoms with E-state index in [4.69, 9.17) is 4.74 Å². The van der Waals surface area contributed by atoms with Gasteiger partial charge in [-0.2, -0.15) is 0 Å². The molecule has 1 saturated carbocycles. The average Bonchev–Trinajstić information content (AvgIpc) is 2.99. The van der Waals surface area contributed by atoms with Crippen molar-refractivity contribution in [1.29, 1.82) is 0 Å². The van der Waals surface area contributed by atoms with Gasteiger partial charge in [0.25, 0.3) is 0 Å². The van der Waals surface area contributed by atoms with E-state index in [0.29, 0.717) is 5.92 Å². The number of carboxylic acid groups (broad SMARTS) is 1. The van der Waals surface area contributed by atoms with Gasteiger partial charge in [0, 0.05) is 19.0 Å². The molecule has 1 fully saturated rings. The van der Waals surface area contributed by atoms with Crippen molar-refractivity contribution < 1.29 is 14.6 Å². The SMILES string of the molecule is COc1ccc2c(c1)nc(C1CC(C)CC1C(=O)O)n2C. The smallest absolute Gasteiger partial charge is 0.307 e. The normalized spacial score (nSPS) is 25.4. The minimum atomic E-state index is -0.714. The third-order valence-corrected chi connectivity index (χ3v) is 4.57. The zero-order valence-electron chi connectivity index (χ0n) is 12.5. The topological polar surface area (TPSA) is 64.3 Å². The summed E-state index contributed by atoms with van der Waals surface area (Å²) in [6.45, 7) is 2.11. The zero-order valence-corrected chi connectivity index (χ0v) is 12.5. The van der Waals surface area contributed by atoms with Crippen LogP contribution in [0.3, 0.4) is 0 Å². The number of nitrogens with zero attached hydrogens (tertiary/aromatic N) is 2. The predicted molar refractivity (Wildman–Crippen MR) is 79.5 cm³/mol. The summed E-state index contributed by atoms with van der Waals surface area (Å²) in [5.74, 6) is 0.995. The molecule has 3 atom stereocenters. The number of carbonyl (C=O) groups is 1. The minimum Gasteiger partial charge on any atom is -0.497 e. The first kappa shape index (κ1) is 13.9. The molecule has 0 saturated heterocycles. The first-order valence-corrected chi connectivity index (χ1v) is 7.24. The number of aryl methyl sites for hydroxylation is 1. The molecule has 21 heavy (non-hydrogen) atoms. The second-order valence-corrected chi connectivity index (χ2v) is 6.01. The van der Waals surface area contributed by atoms with E-state index in [1.54, 1.807) is 7.11 Å². The van der Waals surface area contributed by atoms with Gasteiger partial charge in [-0.05, 0) is 30.9 Å². The quantitative estimate of drug-likeness (QED) is 0.943. The first-order chi connectivity index (χ1) is 10.0. The lowest BCUT2D eigenvalue weighted by atomic mass is 9.95. The van der Waals surface area contributed by atoms with E-state index >= 15 is 0 Å². The van der Waals surface area contributed by atoms with Gasteiger partial charge in [0.15, 0.2) is 0 Å². The largest absolute Gasteiger partial charge is 0.497 e. The van der Waals surface area contributed by atoms with Crippen molar-refractivity contribution in [1.82, 2.24) is 9.55 Å². The van der Waals surface area contributed by atoms with Gasteiger partial charge in [-0.1, -0.05) is 6.92 Å². The molecular formula is C16H20N2O3. The Bertz CT molecular complexity index is 692. The molecule has 0 bridgehead atoms. The van der Waals surface area contributed by atoms with E-state index < -0.39 is 5.97 Å². The Morgan fingerprint density at radius 3 is 2.86 bits per heavy atom. The number of aromatic nitrogens is 2. The Morgan fingerprint density at radius 1 is 1.43 bits per heavy atom. The molecule has 5 heteroatoms. The van der Waals surface area contributed by atoms with Crippen LogP contribution >= 0.6 is 0 Å². The van der Waals surface area contributed by atoms with Crippen LogP contribution in [0.15, 0.2) is 18.2 Å². The van der Waals surface area contributed by atoms with Gasteiger partial charge in [-0.3, -0.25) is 4.79 Å². The summed E-state index contributed by atoms with van der Waals surface area (Å²) < 4.78 is 7.25. The molecule has 1 aliphatic rings. The van der Waals surface area contributed by atoms with Crippen LogP contribution in [-0.2, 0) is 11.8 Å². The van der Waals surface area contributed by atoms with Crippen molar-refractivity contribution in [3.05, 3.63) is 24.0 Å². The molecule has 112 valence electrons. The number of hydrogen-bond acceptors (Lipinski definition) is 3. The molecule has 2 aromatic rings. The van der Waals surface area contributed by atoms with Crippen LogP contribution in [0, 0.1) is 11.8 Å². The van der Waals surface area contributed by atoms with E-state index in [9.17, 15) is 9.90 Å². The maximum Gasteiger partial charge on any atom is 0.307 e. The minimum absolute atomic E-state index is 0.0131. The van der Waals surface area contributed by atoms with Gasteiger partial charge in [0.2, 0.25) is 0 Å². The van der Waals surface area contributed by atoms with Crippen molar-refractivity contribution in [3.63, 3.8) is 0 Å². The summed E-state index contributed by atoms with van der Waals surface area (Å²) in [6, 6.07) is 5.77. The monoisotopic (exact) mass is 288 g/mol. The Labute approximate surface area is 123 Å². The maximum absolute atomic E-state index is 11.5. The number of methoxy groups -OCH3 is 1. The lowest BCUT2D eigenvalue weighted by Crippen LogP contribution is -2.19. The van der Waals surface area contributed by atoms with E-state index in [1.165, 1.54) is 0 Å². The summed E-state index contributed by atoms with van der Waals surface area (Å²) in [6.07, 6.45) is 1.61. The second kappa shape index (κ2) is 5.06. The van der Waals surface area contributed by atoms with Crippen molar-refractivity contribution in [3.8, 4) is 5.75 Å². The molecule has 1 N–H and O–H groups in total. The van der Waals surface area contributed by atoms with Gasteiger partial charge in [-0.25, -0.2) is 4.98 Å². The summed E-state index contributed by atoms with van der Waals surface area (Å²) in [5.41, 5.74) is 1.87. The summed E-state index contributed by atoms with van der Waals surface area (Å²) in [5, 5.41) is 9.45. The van der Waals surface area contributed by atoms with Crippen molar-refractivity contribution in [2.24, 2.45) is 18.9 Å². The molecule has 1 heterocycles. The third-order valence-electron chi connectivity index (χ3n) is 4.57. The van der Waals surface area contributed by atoms with E-state index in [1.807, 2.05) is 29.8 Å². The standard InChI is InChI=1S/C16H20N2O3/c1-9-6-11(12(7-9)16(19)20)15-17-13-8-10(21-3)4-5-14(13)18(15)2/h4-5,8-9,11-12H,6-7H2,1-3H3,(H,19,20). The van der Waals surface area contributed by atoms with Crippen LogP contribution in [0.1, 0.15) is 31.5 Å². The number of aliphatic carboxylic acids is 1. The van der Waals surface area contributed by atoms with E-state index in [-0.39, 0.29) is 11.8 Å². The highest BCUT2D eigenvalue weighted by atomic mass is 16.5. The van der Waals surface area contributed by atoms with Crippen LogP contribution in [0.5, 0.6) is 5.75 Å². The molecule has 3 unspecified atom stereocenters. The number of imidazole rings is 1. The highest BCUT2D eigenvalue weighted by Gasteiger charge is 2.40. The predicted octanol–water partition coefficient (Wildman–Crippen LogP) is 2.80. The van der Waals surface area contributed by atoms with Gasteiger partial charge < -0.3 is 14.4 Å². The number of fused-ring (bicyclic) bond motifs is 1. The van der Waals surface area contributed by atoms with Crippen LogP contribution < -0.4 is 4.74 Å². The molecule has 5 nitrogen and oxygen atoms in total. The lowest BCUT2D eigenvalue weighted by Gasteiger charge is -2.15.